The van der Waals surface area contributed by atoms with Crippen LogP contribution in [0.25, 0.3) is 10.8 Å². The first-order valence-corrected chi connectivity index (χ1v) is 7.63. The summed E-state index contributed by atoms with van der Waals surface area (Å²) in [6.45, 7) is 0.744. The van der Waals surface area contributed by atoms with Crippen molar-refractivity contribution in [3.63, 3.8) is 0 Å². The quantitative estimate of drug-likeness (QED) is 0.691. The number of rotatable bonds is 2. The van der Waals surface area contributed by atoms with E-state index in [4.69, 9.17) is 9.47 Å². The SMILES string of the molecule is COc1ccc2ccccc2c1C1OCCc2ccccc21. The van der Waals surface area contributed by atoms with Gasteiger partial charge in [0.2, 0.25) is 0 Å². The molecule has 1 unspecified atom stereocenters. The molecule has 0 aliphatic carbocycles. The lowest BCUT2D eigenvalue weighted by Crippen LogP contribution is -2.18. The summed E-state index contributed by atoms with van der Waals surface area (Å²) in [5.41, 5.74) is 3.75. The Morgan fingerprint density at radius 3 is 2.68 bits per heavy atom. The lowest BCUT2D eigenvalue weighted by atomic mass is 9.90. The summed E-state index contributed by atoms with van der Waals surface area (Å²) in [6.07, 6.45) is 0.908. The Bertz CT molecular complexity index is 823. The molecule has 22 heavy (non-hydrogen) atoms. The molecule has 4 rings (SSSR count). The lowest BCUT2D eigenvalue weighted by molar-refractivity contribution is 0.0691. The highest BCUT2D eigenvalue weighted by atomic mass is 16.5. The molecule has 0 amide bonds. The highest BCUT2D eigenvalue weighted by Crippen LogP contribution is 2.41. The van der Waals surface area contributed by atoms with Crippen LogP contribution in [0, 0.1) is 0 Å². The van der Waals surface area contributed by atoms with E-state index in [2.05, 4.69) is 54.6 Å². The van der Waals surface area contributed by atoms with Crippen molar-refractivity contribution in [2.75, 3.05) is 13.7 Å². The molecule has 0 radical (unpaired) electrons. The number of benzene rings is 3. The fourth-order valence-electron chi connectivity index (χ4n) is 3.36. The molecule has 0 bridgehead atoms. The molecule has 110 valence electrons. The second-order valence-corrected chi connectivity index (χ2v) is 5.60. The van der Waals surface area contributed by atoms with E-state index in [1.807, 2.05) is 6.07 Å². The third kappa shape index (κ3) is 2.08. The van der Waals surface area contributed by atoms with Crippen LogP contribution in [-0.2, 0) is 11.2 Å². The van der Waals surface area contributed by atoms with Crippen LogP contribution in [0.3, 0.4) is 0 Å². The van der Waals surface area contributed by atoms with Crippen molar-refractivity contribution >= 4 is 10.8 Å². The monoisotopic (exact) mass is 290 g/mol. The van der Waals surface area contributed by atoms with E-state index in [9.17, 15) is 0 Å². The molecule has 1 aliphatic rings. The van der Waals surface area contributed by atoms with Crippen LogP contribution in [0.1, 0.15) is 22.8 Å². The van der Waals surface area contributed by atoms with Gasteiger partial charge in [-0.1, -0.05) is 54.6 Å². The Balaban J connectivity index is 1.98. The maximum Gasteiger partial charge on any atom is 0.125 e. The van der Waals surface area contributed by atoms with Crippen LogP contribution >= 0.6 is 0 Å². The summed E-state index contributed by atoms with van der Waals surface area (Å²) in [5.74, 6) is 0.889. The fourth-order valence-corrected chi connectivity index (χ4v) is 3.36. The Morgan fingerprint density at radius 2 is 1.77 bits per heavy atom. The highest BCUT2D eigenvalue weighted by molar-refractivity contribution is 5.88. The van der Waals surface area contributed by atoms with Gasteiger partial charge in [-0.2, -0.15) is 0 Å². The average molecular weight is 290 g/mol. The van der Waals surface area contributed by atoms with Crippen molar-refractivity contribution in [3.05, 3.63) is 77.4 Å². The number of ether oxygens (including phenoxy) is 2. The summed E-state index contributed by atoms with van der Waals surface area (Å²) in [7, 11) is 1.72. The molecule has 0 spiro atoms. The largest absolute Gasteiger partial charge is 0.496 e. The van der Waals surface area contributed by atoms with Gasteiger partial charge in [0.1, 0.15) is 11.9 Å². The van der Waals surface area contributed by atoms with Crippen LogP contribution in [0.4, 0.5) is 0 Å². The highest BCUT2D eigenvalue weighted by Gasteiger charge is 2.26. The van der Waals surface area contributed by atoms with E-state index in [1.54, 1.807) is 7.11 Å². The molecule has 2 nitrogen and oxygen atoms in total. The number of fused-ring (bicyclic) bond motifs is 2. The first-order chi connectivity index (χ1) is 10.9. The normalized spacial score (nSPS) is 17.2. The van der Waals surface area contributed by atoms with Gasteiger partial charge in [-0.05, 0) is 34.4 Å². The lowest BCUT2D eigenvalue weighted by Gasteiger charge is -2.28. The summed E-state index contributed by atoms with van der Waals surface area (Å²) in [6, 6.07) is 21.1. The van der Waals surface area contributed by atoms with E-state index < -0.39 is 0 Å². The van der Waals surface area contributed by atoms with Crippen LogP contribution in [-0.4, -0.2) is 13.7 Å². The molecule has 0 N–H and O–H groups in total. The van der Waals surface area contributed by atoms with Gasteiger partial charge in [-0.15, -0.1) is 0 Å². The zero-order valence-corrected chi connectivity index (χ0v) is 12.6. The standard InChI is InChI=1S/C20H18O2/c1-21-18-11-10-14-6-2-4-8-16(14)19(18)20-17-9-5-3-7-15(17)12-13-22-20/h2-11,20H,12-13H2,1H3. The predicted octanol–water partition coefficient (Wildman–Crippen LogP) is 4.51. The van der Waals surface area contributed by atoms with Gasteiger partial charge in [0.05, 0.1) is 13.7 Å². The molecule has 3 aromatic rings. The molecular weight excluding hydrogens is 272 g/mol. The van der Waals surface area contributed by atoms with Crippen LogP contribution in [0.2, 0.25) is 0 Å². The minimum absolute atomic E-state index is 0.0639. The van der Waals surface area contributed by atoms with Crippen molar-refractivity contribution in [2.24, 2.45) is 0 Å². The third-order valence-corrected chi connectivity index (χ3v) is 4.41. The number of methoxy groups -OCH3 is 1. The third-order valence-electron chi connectivity index (χ3n) is 4.41. The maximum atomic E-state index is 6.16. The number of hydrogen-bond acceptors (Lipinski definition) is 2. The first kappa shape index (κ1) is 13.4. The van der Waals surface area contributed by atoms with Gasteiger partial charge < -0.3 is 9.47 Å². The van der Waals surface area contributed by atoms with Gasteiger partial charge in [0, 0.05) is 5.56 Å². The first-order valence-electron chi connectivity index (χ1n) is 7.63. The summed E-state index contributed by atoms with van der Waals surface area (Å²) in [4.78, 5) is 0. The molecule has 1 atom stereocenters. The van der Waals surface area contributed by atoms with E-state index in [1.165, 1.54) is 21.9 Å². The van der Waals surface area contributed by atoms with E-state index >= 15 is 0 Å². The Labute approximate surface area is 130 Å². The summed E-state index contributed by atoms with van der Waals surface area (Å²) < 4.78 is 11.8. The van der Waals surface area contributed by atoms with Gasteiger partial charge in [0.25, 0.3) is 0 Å². The van der Waals surface area contributed by atoms with E-state index in [0.717, 1.165) is 24.3 Å². The summed E-state index contributed by atoms with van der Waals surface area (Å²) >= 11 is 0. The van der Waals surface area contributed by atoms with Crippen LogP contribution < -0.4 is 4.74 Å². The number of hydrogen-bond donors (Lipinski definition) is 0. The Kier molecular flexibility index (Phi) is 3.32. The van der Waals surface area contributed by atoms with Gasteiger partial charge in [-0.3, -0.25) is 0 Å². The molecule has 1 aliphatic heterocycles. The Hall–Kier alpha value is -2.32. The van der Waals surface area contributed by atoms with E-state index in [0.29, 0.717) is 0 Å². The van der Waals surface area contributed by atoms with Crippen molar-refractivity contribution < 1.29 is 9.47 Å². The molecule has 0 aromatic heterocycles. The van der Waals surface area contributed by atoms with Crippen LogP contribution in [0.5, 0.6) is 5.75 Å². The molecular formula is C20H18O2. The zero-order chi connectivity index (χ0) is 14.9. The second-order valence-electron chi connectivity index (χ2n) is 5.60. The average Bonchev–Trinajstić information content (AvgIpc) is 2.60. The summed E-state index contributed by atoms with van der Waals surface area (Å²) in [5, 5.41) is 2.41. The van der Waals surface area contributed by atoms with E-state index in [-0.39, 0.29) is 6.10 Å². The molecule has 2 heteroatoms. The molecule has 0 fully saturated rings. The molecule has 3 aromatic carbocycles. The van der Waals surface area contributed by atoms with Gasteiger partial charge in [-0.25, -0.2) is 0 Å². The molecule has 0 saturated carbocycles. The minimum Gasteiger partial charge on any atom is -0.496 e. The van der Waals surface area contributed by atoms with Crippen molar-refractivity contribution in [1.29, 1.82) is 0 Å². The second kappa shape index (κ2) is 5.47. The maximum absolute atomic E-state index is 6.16. The minimum atomic E-state index is -0.0639. The molecule has 1 heterocycles. The zero-order valence-electron chi connectivity index (χ0n) is 12.6. The van der Waals surface area contributed by atoms with Gasteiger partial charge in [0.15, 0.2) is 0 Å². The smallest absolute Gasteiger partial charge is 0.125 e. The van der Waals surface area contributed by atoms with Gasteiger partial charge >= 0.3 is 0 Å². The Morgan fingerprint density at radius 1 is 0.955 bits per heavy atom. The fraction of sp³-hybridized carbons (Fsp3) is 0.200. The van der Waals surface area contributed by atoms with Crippen LogP contribution in [0.15, 0.2) is 60.7 Å². The van der Waals surface area contributed by atoms with Crippen molar-refractivity contribution in [3.8, 4) is 5.75 Å². The topological polar surface area (TPSA) is 18.5 Å². The van der Waals surface area contributed by atoms with Crippen molar-refractivity contribution in [2.45, 2.75) is 12.5 Å². The predicted molar refractivity (Wildman–Crippen MR) is 88.4 cm³/mol. The molecule has 0 saturated heterocycles. The van der Waals surface area contributed by atoms with Crippen molar-refractivity contribution in [1.82, 2.24) is 0 Å².